The van der Waals surface area contributed by atoms with Gasteiger partial charge in [-0.2, -0.15) is 0 Å². The lowest BCUT2D eigenvalue weighted by Gasteiger charge is -2.22. The van der Waals surface area contributed by atoms with E-state index < -0.39 is 0 Å². The van der Waals surface area contributed by atoms with Crippen LogP contribution in [0.3, 0.4) is 0 Å². The summed E-state index contributed by atoms with van der Waals surface area (Å²) in [5.74, 6) is 0.707. The highest BCUT2D eigenvalue weighted by Gasteiger charge is 2.16. The molecule has 6 heteroatoms. The van der Waals surface area contributed by atoms with Crippen LogP contribution >= 0.6 is 0 Å². The zero-order chi connectivity index (χ0) is 21.4. The van der Waals surface area contributed by atoms with Gasteiger partial charge in [0.25, 0.3) is 5.91 Å². The number of likely N-dealkylation sites (N-methyl/N-ethyl adjacent to an activating group) is 1. The largest absolute Gasteiger partial charge is 0.496 e. The van der Waals surface area contributed by atoms with Crippen LogP contribution in [0.2, 0.25) is 0 Å². The molecule has 1 atom stereocenters. The predicted octanol–water partition coefficient (Wildman–Crippen LogP) is 3.10. The molecule has 0 radical (unpaired) electrons. The number of carbonyl (C=O) groups excluding carboxylic acids is 2. The number of methoxy groups -OCH3 is 1. The number of rotatable bonds is 9. The van der Waals surface area contributed by atoms with Crippen molar-refractivity contribution < 1.29 is 14.3 Å². The number of benzene rings is 2. The van der Waals surface area contributed by atoms with Gasteiger partial charge < -0.3 is 15.0 Å². The summed E-state index contributed by atoms with van der Waals surface area (Å²) in [6.45, 7) is 5.67. The molecule has 0 aliphatic heterocycles. The van der Waals surface area contributed by atoms with Crippen molar-refractivity contribution in [1.29, 1.82) is 0 Å². The fourth-order valence-corrected chi connectivity index (χ4v) is 3.14. The van der Waals surface area contributed by atoms with Crippen LogP contribution < -0.4 is 10.1 Å². The number of para-hydroxylation sites is 1. The lowest BCUT2D eigenvalue weighted by Crippen LogP contribution is -2.38. The van der Waals surface area contributed by atoms with Gasteiger partial charge in [-0.3, -0.25) is 14.5 Å². The van der Waals surface area contributed by atoms with Crippen molar-refractivity contribution in [3.63, 3.8) is 0 Å². The van der Waals surface area contributed by atoms with Gasteiger partial charge in [0.1, 0.15) is 5.75 Å². The van der Waals surface area contributed by atoms with Crippen LogP contribution in [-0.2, 0) is 11.3 Å². The standard InChI is InChI=1S/C23H31N3O3/c1-6-26(15-18-11-13-19(14-12-18)23(28)25(3)4)16-22(27)24-17(2)20-9-7-8-10-21(20)29-5/h7-14,17H,6,15-16H2,1-5H3,(H,24,27)/t17-/m0/s1. The Balaban J connectivity index is 1.95. The average Bonchev–Trinajstić information content (AvgIpc) is 2.72. The Kier molecular flexibility index (Phi) is 8.21. The number of amides is 2. The number of nitrogens with zero attached hydrogens (tertiary/aromatic N) is 2. The van der Waals surface area contributed by atoms with E-state index in [1.165, 1.54) is 0 Å². The average molecular weight is 398 g/mol. The van der Waals surface area contributed by atoms with Crippen LogP contribution in [0.15, 0.2) is 48.5 Å². The lowest BCUT2D eigenvalue weighted by molar-refractivity contribution is -0.123. The van der Waals surface area contributed by atoms with E-state index in [0.717, 1.165) is 23.4 Å². The molecule has 2 rings (SSSR count). The SMILES string of the molecule is CCN(CC(=O)N[C@@H](C)c1ccccc1OC)Cc1ccc(C(=O)N(C)C)cc1. The number of hydrogen-bond acceptors (Lipinski definition) is 4. The molecule has 1 N–H and O–H groups in total. The first-order valence-corrected chi connectivity index (χ1v) is 9.80. The van der Waals surface area contributed by atoms with E-state index in [-0.39, 0.29) is 17.9 Å². The molecule has 0 saturated heterocycles. The second kappa shape index (κ2) is 10.6. The van der Waals surface area contributed by atoms with E-state index in [1.807, 2.05) is 62.4 Å². The summed E-state index contributed by atoms with van der Waals surface area (Å²) in [5.41, 5.74) is 2.67. The Bertz CT molecular complexity index is 818. The minimum atomic E-state index is -0.145. The molecule has 156 valence electrons. The summed E-state index contributed by atoms with van der Waals surface area (Å²) < 4.78 is 5.38. The zero-order valence-corrected chi connectivity index (χ0v) is 17.9. The number of carbonyl (C=O) groups is 2. The van der Waals surface area contributed by atoms with Crippen molar-refractivity contribution in [3.05, 3.63) is 65.2 Å². The van der Waals surface area contributed by atoms with E-state index >= 15 is 0 Å². The molecule has 6 nitrogen and oxygen atoms in total. The second-order valence-electron chi connectivity index (χ2n) is 7.23. The number of hydrogen-bond donors (Lipinski definition) is 1. The number of ether oxygens (including phenoxy) is 1. The van der Waals surface area contributed by atoms with Crippen molar-refractivity contribution >= 4 is 11.8 Å². The Morgan fingerprint density at radius 3 is 2.31 bits per heavy atom. The van der Waals surface area contributed by atoms with E-state index in [2.05, 4.69) is 10.2 Å². The van der Waals surface area contributed by atoms with Gasteiger partial charge in [0.2, 0.25) is 5.91 Å². The van der Waals surface area contributed by atoms with Crippen molar-refractivity contribution in [2.75, 3.05) is 34.3 Å². The summed E-state index contributed by atoms with van der Waals surface area (Å²) in [5, 5.41) is 3.05. The van der Waals surface area contributed by atoms with Crippen molar-refractivity contribution in [3.8, 4) is 5.75 Å². The summed E-state index contributed by atoms with van der Waals surface area (Å²) in [4.78, 5) is 28.2. The van der Waals surface area contributed by atoms with E-state index in [4.69, 9.17) is 4.74 Å². The summed E-state index contributed by atoms with van der Waals surface area (Å²) in [7, 11) is 5.10. The maximum absolute atomic E-state index is 12.6. The van der Waals surface area contributed by atoms with Gasteiger partial charge in [-0.05, 0) is 37.2 Å². The first kappa shape index (κ1) is 22.4. The summed E-state index contributed by atoms with van der Waals surface area (Å²) >= 11 is 0. The van der Waals surface area contributed by atoms with Crippen LogP contribution in [0.25, 0.3) is 0 Å². The maximum Gasteiger partial charge on any atom is 0.253 e. The molecule has 0 bridgehead atoms. The van der Waals surface area contributed by atoms with Gasteiger partial charge in [-0.15, -0.1) is 0 Å². The molecule has 2 aromatic rings. The normalized spacial score (nSPS) is 11.8. The first-order valence-electron chi connectivity index (χ1n) is 9.80. The molecule has 0 aromatic heterocycles. The molecular weight excluding hydrogens is 366 g/mol. The molecule has 0 aliphatic carbocycles. The first-order chi connectivity index (χ1) is 13.8. The highest BCUT2D eigenvalue weighted by Crippen LogP contribution is 2.24. The van der Waals surface area contributed by atoms with Gasteiger partial charge in [0.05, 0.1) is 19.7 Å². The molecule has 0 spiro atoms. The van der Waals surface area contributed by atoms with Gasteiger partial charge in [-0.25, -0.2) is 0 Å². The summed E-state index contributed by atoms with van der Waals surface area (Å²) in [6, 6.07) is 15.1. The van der Waals surface area contributed by atoms with Gasteiger partial charge in [0.15, 0.2) is 0 Å². The highest BCUT2D eigenvalue weighted by molar-refractivity contribution is 5.93. The topological polar surface area (TPSA) is 61.9 Å². The highest BCUT2D eigenvalue weighted by atomic mass is 16.5. The molecular formula is C23H31N3O3. The molecule has 29 heavy (non-hydrogen) atoms. The quantitative estimate of drug-likeness (QED) is 0.706. The van der Waals surface area contributed by atoms with Crippen LogP contribution in [0, 0.1) is 0 Å². The van der Waals surface area contributed by atoms with E-state index in [0.29, 0.717) is 18.7 Å². The molecule has 0 saturated carbocycles. The Morgan fingerprint density at radius 2 is 1.72 bits per heavy atom. The molecule has 2 aromatic carbocycles. The van der Waals surface area contributed by atoms with Crippen molar-refractivity contribution in [2.24, 2.45) is 0 Å². The molecule has 0 aliphatic rings. The van der Waals surface area contributed by atoms with Crippen LogP contribution in [0.5, 0.6) is 5.75 Å². The predicted molar refractivity (Wildman–Crippen MR) is 115 cm³/mol. The van der Waals surface area contributed by atoms with Gasteiger partial charge >= 0.3 is 0 Å². The molecule has 0 unspecified atom stereocenters. The Labute approximate surface area is 173 Å². The molecule has 2 amide bonds. The van der Waals surface area contributed by atoms with Crippen molar-refractivity contribution in [1.82, 2.24) is 15.1 Å². The molecule has 0 heterocycles. The number of nitrogens with one attached hydrogen (secondary N) is 1. The van der Waals surface area contributed by atoms with E-state index in [1.54, 1.807) is 26.1 Å². The third-order valence-electron chi connectivity index (χ3n) is 4.81. The van der Waals surface area contributed by atoms with Crippen LogP contribution in [-0.4, -0.2) is 55.9 Å². The fraction of sp³-hybridized carbons (Fsp3) is 0.391. The van der Waals surface area contributed by atoms with Crippen LogP contribution in [0.1, 0.15) is 41.4 Å². The monoisotopic (exact) mass is 397 g/mol. The molecule has 0 fully saturated rings. The lowest BCUT2D eigenvalue weighted by atomic mass is 10.1. The van der Waals surface area contributed by atoms with Gasteiger partial charge in [-0.1, -0.05) is 37.3 Å². The third kappa shape index (κ3) is 6.32. The smallest absolute Gasteiger partial charge is 0.253 e. The van der Waals surface area contributed by atoms with E-state index in [9.17, 15) is 9.59 Å². The van der Waals surface area contributed by atoms with Gasteiger partial charge in [0, 0.05) is 31.8 Å². The summed E-state index contributed by atoms with van der Waals surface area (Å²) in [6.07, 6.45) is 0. The minimum absolute atomic E-state index is 0.0198. The Morgan fingerprint density at radius 1 is 1.07 bits per heavy atom. The zero-order valence-electron chi connectivity index (χ0n) is 17.9. The van der Waals surface area contributed by atoms with Crippen molar-refractivity contribution in [2.45, 2.75) is 26.4 Å². The third-order valence-corrected chi connectivity index (χ3v) is 4.81. The van der Waals surface area contributed by atoms with Crippen LogP contribution in [0.4, 0.5) is 0 Å². The second-order valence-corrected chi connectivity index (χ2v) is 7.23. The minimum Gasteiger partial charge on any atom is -0.496 e. The maximum atomic E-state index is 12.6. The fourth-order valence-electron chi connectivity index (χ4n) is 3.14. The Hall–Kier alpha value is -2.86.